The third-order valence-electron chi connectivity index (χ3n) is 3.57. The highest BCUT2D eigenvalue weighted by molar-refractivity contribution is 5.97. The molecule has 1 heterocycles. The van der Waals surface area contributed by atoms with Crippen LogP contribution in [0, 0.1) is 10.1 Å². The molecule has 118 valence electrons. The van der Waals surface area contributed by atoms with Crippen LogP contribution in [0.3, 0.4) is 0 Å². The summed E-state index contributed by atoms with van der Waals surface area (Å²) in [7, 11) is 0. The Morgan fingerprint density at radius 2 is 2.23 bits per heavy atom. The second-order valence-corrected chi connectivity index (χ2v) is 5.34. The quantitative estimate of drug-likeness (QED) is 0.611. The number of hydrogen-bond donors (Lipinski definition) is 2. The van der Waals surface area contributed by atoms with E-state index in [2.05, 4.69) is 5.32 Å². The summed E-state index contributed by atoms with van der Waals surface area (Å²) in [6.07, 6.45) is 0.747. The molecule has 0 radical (unpaired) electrons. The van der Waals surface area contributed by atoms with Crippen LogP contribution in [-0.2, 0) is 4.79 Å². The molecule has 0 bridgehead atoms. The molecule has 8 heteroatoms. The van der Waals surface area contributed by atoms with Crippen molar-refractivity contribution in [1.29, 1.82) is 0 Å². The predicted octanol–water partition coefficient (Wildman–Crippen LogP) is 0.273. The van der Waals surface area contributed by atoms with E-state index in [-0.39, 0.29) is 23.2 Å². The molecule has 1 aliphatic heterocycles. The monoisotopic (exact) mass is 306 g/mol. The molecule has 0 aliphatic carbocycles. The van der Waals surface area contributed by atoms with Gasteiger partial charge in [0.25, 0.3) is 11.6 Å². The van der Waals surface area contributed by atoms with Gasteiger partial charge in [-0.15, -0.1) is 0 Å². The number of likely N-dealkylation sites (tertiary alicyclic amines) is 1. The number of amides is 2. The van der Waals surface area contributed by atoms with Crippen molar-refractivity contribution in [3.8, 4) is 0 Å². The Morgan fingerprint density at radius 3 is 2.82 bits per heavy atom. The Hall–Kier alpha value is -2.48. The van der Waals surface area contributed by atoms with Crippen LogP contribution in [0.25, 0.3) is 0 Å². The number of benzene rings is 1. The summed E-state index contributed by atoms with van der Waals surface area (Å²) in [5.74, 6) is -0.722. The lowest BCUT2D eigenvalue weighted by Crippen LogP contribution is -2.46. The van der Waals surface area contributed by atoms with Crippen LogP contribution in [0.5, 0.6) is 0 Å². The molecule has 1 aromatic rings. The third kappa shape index (κ3) is 3.59. The van der Waals surface area contributed by atoms with Crippen molar-refractivity contribution >= 4 is 17.5 Å². The Bertz CT molecular complexity index is 604. The van der Waals surface area contributed by atoms with E-state index in [9.17, 15) is 19.7 Å². The molecule has 2 amide bonds. The molecule has 2 rings (SSSR count). The summed E-state index contributed by atoms with van der Waals surface area (Å²) in [5.41, 5.74) is 5.73. The van der Waals surface area contributed by atoms with Gasteiger partial charge in [-0.3, -0.25) is 19.7 Å². The van der Waals surface area contributed by atoms with E-state index in [4.69, 9.17) is 5.73 Å². The van der Waals surface area contributed by atoms with Crippen molar-refractivity contribution in [1.82, 2.24) is 10.2 Å². The van der Waals surface area contributed by atoms with E-state index < -0.39 is 16.9 Å². The molecule has 2 atom stereocenters. The van der Waals surface area contributed by atoms with Crippen LogP contribution in [0.4, 0.5) is 5.69 Å². The Morgan fingerprint density at radius 1 is 1.50 bits per heavy atom. The molecular weight excluding hydrogens is 288 g/mol. The van der Waals surface area contributed by atoms with E-state index in [1.165, 1.54) is 24.3 Å². The molecule has 22 heavy (non-hydrogen) atoms. The lowest BCUT2D eigenvalue weighted by Gasteiger charge is -2.21. The van der Waals surface area contributed by atoms with Crippen molar-refractivity contribution in [2.75, 3.05) is 13.1 Å². The van der Waals surface area contributed by atoms with Crippen LogP contribution >= 0.6 is 0 Å². The third-order valence-corrected chi connectivity index (χ3v) is 3.57. The molecule has 1 saturated heterocycles. The second kappa shape index (κ2) is 6.52. The maximum absolute atomic E-state index is 12.2. The Balaban J connectivity index is 2.00. The number of nitrogens with zero attached hydrogens (tertiary/aromatic N) is 2. The number of rotatable bonds is 4. The molecule has 0 aromatic heterocycles. The average Bonchev–Trinajstić information content (AvgIpc) is 2.93. The molecule has 1 fully saturated rings. The lowest BCUT2D eigenvalue weighted by molar-refractivity contribution is -0.384. The number of nitro benzene ring substituents is 1. The molecule has 0 spiro atoms. The molecule has 1 unspecified atom stereocenters. The van der Waals surface area contributed by atoms with Crippen molar-refractivity contribution in [2.24, 2.45) is 5.73 Å². The molecule has 8 nitrogen and oxygen atoms in total. The van der Waals surface area contributed by atoms with E-state index >= 15 is 0 Å². The van der Waals surface area contributed by atoms with Crippen molar-refractivity contribution < 1.29 is 14.5 Å². The van der Waals surface area contributed by atoms with Gasteiger partial charge in [-0.25, -0.2) is 0 Å². The number of non-ortho nitro benzene ring substituents is 1. The first-order chi connectivity index (χ1) is 10.4. The maximum Gasteiger partial charge on any atom is 0.270 e. The lowest BCUT2D eigenvalue weighted by atomic mass is 10.1. The van der Waals surface area contributed by atoms with Crippen LogP contribution in [0.2, 0.25) is 0 Å². The molecular formula is C14H18N4O4. The van der Waals surface area contributed by atoms with E-state index in [1.807, 2.05) is 0 Å². The minimum atomic E-state index is -0.711. The summed E-state index contributed by atoms with van der Waals surface area (Å²) in [6, 6.07) is 4.64. The SMILES string of the molecule is CC(NC(=O)c1cccc([N+](=O)[O-])c1)C(=O)N1CC[C@@H](N)C1. The standard InChI is InChI=1S/C14H18N4O4/c1-9(14(20)17-6-5-11(15)8-17)16-13(19)10-3-2-4-12(7-10)18(21)22/h2-4,7,9,11H,5-6,8,15H2,1H3,(H,16,19)/t9?,11-/m1/s1. The zero-order valence-corrected chi connectivity index (χ0v) is 12.2. The molecule has 0 saturated carbocycles. The highest BCUT2D eigenvalue weighted by Crippen LogP contribution is 2.13. The van der Waals surface area contributed by atoms with Gasteiger partial charge in [0.15, 0.2) is 0 Å². The summed E-state index contributed by atoms with van der Waals surface area (Å²) in [6.45, 7) is 2.65. The predicted molar refractivity (Wildman–Crippen MR) is 79.2 cm³/mol. The van der Waals surface area contributed by atoms with Crippen molar-refractivity contribution in [3.63, 3.8) is 0 Å². The highest BCUT2D eigenvalue weighted by Gasteiger charge is 2.28. The van der Waals surface area contributed by atoms with Gasteiger partial charge in [-0.05, 0) is 19.4 Å². The van der Waals surface area contributed by atoms with Gasteiger partial charge >= 0.3 is 0 Å². The number of carbonyl (C=O) groups excluding carboxylic acids is 2. The largest absolute Gasteiger partial charge is 0.341 e. The van der Waals surface area contributed by atoms with Crippen molar-refractivity contribution in [3.05, 3.63) is 39.9 Å². The van der Waals surface area contributed by atoms with Gasteiger partial charge < -0.3 is 16.0 Å². The zero-order valence-electron chi connectivity index (χ0n) is 12.2. The molecule has 1 aromatic carbocycles. The van der Waals surface area contributed by atoms with E-state index in [0.29, 0.717) is 13.1 Å². The topological polar surface area (TPSA) is 119 Å². The normalized spacial score (nSPS) is 18.8. The summed E-state index contributed by atoms with van der Waals surface area (Å²) in [4.78, 5) is 36.0. The second-order valence-electron chi connectivity index (χ2n) is 5.34. The molecule has 3 N–H and O–H groups in total. The summed E-state index contributed by atoms with van der Waals surface area (Å²) in [5, 5.41) is 13.3. The van der Waals surface area contributed by atoms with E-state index in [0.717, 1.165) is 6.42 Å². The number of hydrogen-bond acceptors (Lipinski definition) is 5. The smallest absolute Gasteiger partial charge is 0.270 e. The van der Waals surface area contributed by atoms with Crippen LogP contribution in [-0.4, -0.2) is 46.8 Å². The fourth-order valence-electron chi connectivity index (χ4n) is 2.36. The minimum Gasteiger partial charge on any atom is -0.341 e. The van der Waals surface area contributed by atoms with Crippen LogP contribution in [0.15, 0.2) is 24.3 Å². The Labute approximate surface area is 127 Å². The van der Waals surface area contributed by atoms with Gasteiger partial charge in [0.1, 0.15) is 6.04 Å². The van der Waals surface area contributed by atoms with Gasteiger partial charge in [0.2, 0.25) is 5.91 Å². The summed E-state index contributed by atoms with van der Waals surface area (Å²) >= 11 is 0. The molecule has 1 aliphatic rings. The van der Waals surface area contributed by atoms with Crippen molar-refractivity contribution in [2.45, 2.75) is 25.4 Å². The summed E-state index contributed by atoms with van der Waals surface area (Å²) < 4.78 is 0. The van der Waals surface area contributed by atoms with Gasteiger partial charge in [0, 0.05) is 36.8 Å². The first-order valence-electron chi connectivity index (χ1n) is 6.98. The Kier molecular flexibility index (Phi) is 4.71. The minimum absolute atomic E-state index is 0.0244. The fraction of sp³-hybridized carbons (Fsp3) is 0.429. The average molecular weight is 306 g/mol. The van der Waals surface area contributed by atoms with E-state index in [1.54, 1.807) is 11.8 Å². The number of nitrogens with two attached hydrogens (primary N) is 1. The fourth-order valence-corrected chi connectivity index (χ4v) is 2.36. The highest BCUT2D eigenvalue weighted by atomic mass is 16.6. The van der Waals surface area contributed by atoms with Gasteiger partial charge in [-0.2, -0.15) is 0 Å². The maximum atomic E-state index is 12.2. The van der Waals surface area contributed by atoms with Crippen LogP contribution in [0.1, 0.15) is 23.7 Å². The number of nitrogens with one attached hydrogen (secondary N) is 1. The first kappa shape index (κ1) is 15.9. The number of nitro groups is 1. The zero-order chi connectivity index (χ0) is 16.3. The van der Waals surface area contributed by atoms with Gasteiger partial charge in [0.05, 0.1) is 4.92 Å². The first-order valence-corrected chi connectivity index (χ1v) is 6.98. The van der Waals surface area contributed by atoms with Crippen LogP contribution < -0.4 is 11.1 Å². The number of carbonyl (C=O) groups is 2. The van der Waals surface area contributed by atoms with Gasteiger partial charge in [-0.1, -0.05) is 6.07 Å².